The molecule has 3 aromatic rings. The number of carbonyl (C=O) groups excluding carboxylic acids is 2. The molecule has 8 nitrogen and oxygen atoms in total. The van der Waals surface area contributed by atoms with Gasteiger partial charge in [-0.25, -0.2) is 9.18 Å². The Morgan fingerprint density at radius 1 is 1.31 bits per heavy atom. The van der Waals surface area contributed by atoms with Crippen LogP contribution < -0.4 is 10.1 Å². The number of rotatable bonds is 9. The van der Waals surface area contributed by atoms with Gasteiger partial charge in [0.05, 0.1) is 23.4 Å². The van der Waals surface area contributed by atoms with Crippen LogP contribution in [0.5, 0.6) is 5.75 Å². The molecule has 0 aliphatic rings. The average molecular weight is 499 g/mol. The Hall–Kier alpha value is -2.63. The minimum Gasteiger partial charge on any atom is -0.484 e. The highest BCUT2D eigenvalue weighted by atomic mass is 35.5. The highest BCUT2D eigenvalue weighted by Crippen LogP contribution is 2.29. The summed E-state index contributed by atoms with van der Waals surface area (Å²) in [6.45, 7) is 4.40. The fourth-order valence-corrected chi connectivity index (χ4v) is 4.71. The van der Waals surface area contributed by atoms with E-state index in [1.54, 1.807) is 6.07 Å². The van der Waals surface area contributed by atoms with Gasteiger partial charge < -0.3 is 19.4 Å². The molecule has 0 fully saturated rings. The summed E-state index contributed by atoms with van der Waals surface area (Å²) < 4.78 is 25.4. The number of halogens is 2. The summed E-state index contributed by atoms with van der Waals surface area (Å²) in [5, 5.41) is 12.2. The van der Waals surface area contributed by atoms with Crippen molar-refractivity contribution in [2.45, 2.75) is 32.2 Å². The van der Waals surface area contributed by atoms with Gasteiger partial charge in [-0.1, -0.05) is 23.4 Å². The molecule has 2 heterocycles. The zero-order chi connectivity index (χ0) is 23.3. The zero-order valence-corrected chi connectivity index (χ0v) is 19.9. The minimum atomic E-state index is -0.506. The third-order valence-corrected chi connectivity index (χ3v) is 6.43. The van der Waals surface area contributed by atoms with Crippen LogP contribution in [0.2, 0.25) is 5.02 Å². The maximum absolute atomic E-state index is 13.2. The lowest BCUT2D eigenvalue weighted by Gasteiger charge is -2.10. The van der Waals surface area contributed by atoms with E-state index in [1.165, 1.54) is 48.4 Å². The Labute approximate surface area is 197 Å². The normalized spacial score (nSPS) is 10.8. The lowest BCUT2D eigenvalue weighted by atomic mass is 10.3. The van der Waals surface area contributed by atoms with E-state index < -0.39 is 11.8 Å². The van der Waals surface area contributed by atoms with Gasteiger partial charge in [0.25, 0.3) is 0 Å². The van der Waals surface area contributed by atoms with Crippen LogP contribution in [0, 0.1) is 12.7 Å². The van der Waals surface area contributed by atoms with Crippen molar-refractivity contribution in [3.05, 3.63) is 51.4 Å². The van der Waals surface area contributed by atoms with Gasteiger partial charge in [0, 0.05) is 11.4 Å². The van der Waals surface area contributed by atoms with Gasteiger partial charge in [-0.2, -0.15) is 0 Å². The topological polar surface area (TPSA) is 95.3 Å². The third-order valence-electron chi connectivity index (χ3n) is 4.21. The lowest BCUT2D eigenvalue weighted by molar-refractivity contribution is -0.113. The van der Waals surface area contributed by atoms with Gasteiger partial charge in [0.15, 0.2) is 11.0 Å². The first-order valence-corrected chi connectivity index (χ1v) is 11.6. The molecule has 1 N–H and O–H groups in total. The monoisotopic (exact) mass is 498 g/mol. The number of thiophene rings is 1. The second-order valence-electron chi connectivity index (χ2n) is 6.43. The summed E-state index contributed by atoms with van der Waals surface area (Å²) in [6, 6.07) is 5.54. The summed E-state index contributed by atoms with van der Waals surface area (Å²) >= 11 is 8.49. The van der Waals surface area contributed by atoms with E-state index >= 15 is 0 Å². The molecule has 0 bridgehead atoms. The number of hydrogen-bond acceptors (Lipinski definition) is 8. The van der Waals surface area contributed by atoms with Gasteiger partial charge in [-0.3, -0.25) is 4.79 Å². The first-order valence-electron chi connectivity index (χ1n) is 9.43. The van der Waals surface area contributed by atoms with Crippen LogP contribution in [0.1, 0.15) is 28.0 Å². The van der Waals surface area contributed by atoms with Crippen LogP contribution in [0.3, 0.4) is 0 Å². The van der Waals surface area contributed by atoms with Crippen molar-refractivity contribution in [3.8, 4) is 5.75 Å². The summed E-state index contributed by atoms with van der Waals surface area (Å²) in [5.41, 5.74) is 0.323. The Morgan fingerprint density at radius 3 is 2.78 bits per heavy atom. The van der Waals surface area contributed by atoms with Gasteiger partial charge in [0.1, 0.15) is 23.2 Å². The van der Waals surface area contributed by atoms with E-state index in [9.17, 15) is 14.0 Å². The van der Waals surface area contributed by atoms with Crippen molar-refractivity contribution in [2.75, 3.05) is 18.2 Å². The van der Waals surface area contributed by atoms with E-state index in [2.05, 4.69) is 15.5 Å². The van der Waals surface area contributed by atoms with Crippen molar-refractivity contribution < 1.29 is 23.5 Å². The molecule has 0 radical (unpaired) electrons. The van der Waals surface area contributed by atoms with E-state index in [0.717, 1.165) is 4.88 Å². The number of aromatic nitrogens is 3. The SMILES string of the molecule is CCn1c(COc2ccc(F)cc2Cl)nnc1SCC(=O)Nc1sc(C)cc1C(=O)OC. The molecule has 0 unspecified atom stereocenters. The predicted octanol–water partition coefficient (Wildman–Crippen LogP) is 4.56. The second-order valence-corrected chi connectivity index (χ2v) is 9.04. The molecule has 170 valence electrons. The van der Waals surface area contributed by atoms with E-state index in [0.29, 0.717) is 33.8 Å². The van der Waals surface area contributed by atoms with Crippen LogP contribution in [0.15, 0.2) is 29.4 Å². The number of hydrogen-bond donors (Lipinski definition) is 1. The maximum atomic E-state index is 13.2. The molecule has 0 aliphatic heterocycles. The number of nitrogens with zero attached hydrogens (tertiary/aromatic N) is 3. The largest absolute Gasteiger partial charge is 0.484 e. The lowest BCUT2D eigenvalue weighted by Crippen LogP contribution is -2.16. The smallest absolute Gasteiger partial charge is 0.340 e. The summed E-state index contributed by atoms with van der Waals surface area (Å²) in [6.07, 6.45) is 0. The number of esters is 1. The molecule has 0 atom stereocenters. The van der Waals surface area contributed by atoms with Crippen molar-refractivity contribution in [1.29, 1.82) is 0 Å². The molecule has 1 aromatic carbocycles. The maximum Gasteiger partial charge on any atom is 0.340 e. The molecule has 0 saturated heterocycles. The number of aryl methyl sites for hydroxylation is 1. The molecule has 3 rings (SSSR count). The molecule has 32 heavy (non-hydrogen) atoms. The van der Waals surface area contributed by atoms with Crippen molar-refractivity contribution >= 4 is 51.6 Å². The third kappa shape index (κ3) is 5.78. The van der Waals surface area contributed by atoms with Gasteiger partial charge in [-0.15, -0.1) is 21.5 Å². The molecule has 2 aromatic heterocycles. The molecular weight excluding hydrogens is 479 g/mol. The molecule has 12 heteroatoms. The first-order chi connectivity index (χ1) is 15.3. The Balaban J connectivity index is 1.61. The van der Waals surface area contributed by atoms with Gasteiger partial charge in [-0.05, 0) is 38.1 Å². The molecule has 0 aliphatic carbocycles. The Kier molecular flexibility index (Phi) is 8.10. The second kappa shape index (κ2) is 10.8. The first kappa shape index (κ1) is 24.0. The van der Waals surface area contributed by atoms with E-state index in [-0.39, 0.29) is 23.3 Å². The number of carbonyl (C=O) groups is 2. The quantitative estimate of drug-likeness (QED) is 0.341. The van der Waals surface area contributed by atoms with Gasteiger partial charge >= 0.3 is 5.97 Å². The Morgan fingerprint density at radius 2 is 2.09 bits per heavy atom. The fraction of sp³-hybridized carbons (Fsp3) is 0.300. The average Bonchev–Trinajstić information content (AvgIpc) is 3.33. The van der Waals surface area contributed by atoms with Crippen LogP contribution in [-0.2, 0) is 22.7 Å². The van der Waals surface area contributed by atoms with Crippen LogP contribution in [0.25, 0.3) is 0 Å². The number of thioether (sulfide) groups is 1. The van der Waals surface area contributed by atoms with E-state index in [4.69, 9.17) is 21.1 Å². The fourth-order valence-electron chi connectivity index (χ4n) is 2.75. The van der Waals surface area contributed by atoms with Crippen molar-refractivity contribution in [1.82, 2.24) is 14.8 Å². The predicted molar refractivity (Wildman–Crippen MR) is 121 cm³/mol. The number of amides is 1. The standard InChI is InChI=1S/C20H20ClFN4O4S2/c1-4-26-16(9-30-15-6-5-12(22)8-14(15)21)24-25-20(26)31-10-17(27)23-18-13(19(28)29-3)7-11(2)32-18/h5-8H,4,9-10H2,1-3H3,(H,23,27). The van der Waals surface area contributed by atoms with Gasteiger partial charge in [0.2, 0.25) is 5.91 Å². The van der Waals surface area contributed by atoms with Crippen LogP contribution in [0.4, 0.5) is 9.39 Å². The molecule has 0 saturated carbocycles. The highest BCUT2D eigenvalue weighted by Gasteiger charge is 2.19. The highest BCUT2D eigenvalue weighted by molar-refractivity contribution is 7.99. The number of ether oxygens (including phenoxy) is 2. The van der Waals surface area contributed by atoms with Crippen molar-refractivity contribution in [2.24, 2.45) is 0 Å². The number of benzene rings is 1. The minimum absolute atomic E-state index is 0.0698. The summed E-state index contributed by atoms with van der Waals surface area (Å²) in [7, 11) is 1.29. The van der Waals surface area contributed by atoms with Crippen molar-refractivity contribution in [3.63, 3.8) is 0 Å². The summed E-state index contributed by atoms with van der Waals surface area (Å²) in [4.78, 5) is 25.2. The molecular formula is C20H20ClFN4O4S2. The van der Waals surface area contributed by atoms with E-state index in [1.807, 2.05) is 18.4 Å². The van der Waals surface area contributed by atoms with Crippen LogP contribution >= 0.6 is 34.7 Å². The zero-order valence-electron chi connectivity index (χ0n) is 17.5. The molecule has 0 spiro atoms. The Bertz CT molecular complexity index is 1140. The number of methoxy groups -OCH3 is 1. The number of anilines is 1. The number of nitrogens with one attached hydrogen (secondary N) is 1. The summed E-state index contributed by atoms with van der Waals surface area (Å²) in [5.74, 6) is -0.303. The molecule has 1 amide bonds. The van der Waals surface area contributed by atoms with Crippen LogP contribution in [-0.4, -0.2) is 39.5 Å².